The van der Waals surface area contributed by atoms with E-state index in [9.17, 15) is 13.2 Å². The minimum Gasteiger partial charge on any atom is -0.315 e. The van der Waals surface area contributed by atoms with Gasteiger partial charge in [-0.2, -0.15) is 4.99 Å². The van der Waals surface area contributed by atoms with Crippen LogP contribution in [-0.2, 0) is 27.5 Å². The third-order valence-corrected chi connectivity index (χ3v) is 8.29. The Balaban J connectivity index is 2.09. The molecule has 0 aliphatic carbocycles. The van der Waals surface area contributed by atoms with Crippen LogP contribution in [0.25, 0.3) is 0 Å². The summed E-state index contributed by atoms with van der Waals surface area (Å²) in [6.45, 7) is 8.21. The molecule has 0 bridgehead atoms. The van der Waals surface area contributed by atoms with Crippen molar-refractivity contribution in [2.24, 2.45) is 10.9 Å². The minimum atomic E-state index is -3.06. The van der Waals surface area contributed by atoms with Crippen molar-refractivity contribution >= 4 is 38.4 Å². The van der Waals surface area contributed by atoms with Crippen LogP contribution in [0.2, 0.25) is 0 Å². The average Bonchev–Trinajstić information content (AvgIpc) is 3.04. The molecule has 2 aliphatic rings. The number of aliphatic imine (C=N–C) groups is 1. The molecule has 1 aromatic rings. The molecule has 0 radical (unpaired) electrons. The molecule has 148 valence electrons. The first-order valence-corrected chi connectivity index (χ1v) is 12.3. The summed E-state index contributed by atoms with van der Waals surface area (Å²) in [5, 5.41) is 0.608. The molecule has 0 saturated carbocycles. The lowest BCUT2D eigenvalue weighted by Crippen LogP contribution is -2.39. The standard InChI is InChI=1S/C20H28N2O3S2/c1-5-14-8-7-9-15(6-2)19(14)22-16-11-27(24,25)12-17(16)26-20(22)21-18(23)10-13(3)4/h7-9,13,16-17H,5-6,10-12H2,1-4H3/t16-,17-/m1/s1. The van der Waals surface area contributed by atoms with Crippen LogP contribution >= 0.6 is 11.8 Å². The van der Waals surface area contributed by atoms with Gasteiger partial charge in [0.1, 0.15) is 0 Å². The number of hydrogen-bond donors (Lipinski definition) is 0. The lowest BCUT2D eigenvalue weighted by Gasteiger charge is -2.29. The van der Waals surface area contributed by atoms with E-state index in [1.165, 1.54) is 22.9 Å². The molecule has 7 heteroatoms. The lowest BCUT2D eigenvalue weighted by molar-refractivity contribution is -0.118. The van der Waals surface area contributed by atoms with E-state index < -0.39 is 9.84 Å². The highest BCUT2D eigenvalue weighted by Crippen LogP contribution is 2.43. The normalized spacial score (nSPS) is 25.4. The first-order valence-electron chi connectivity index (χ1n) is 9.64. The summed E-state index contributed by atoms with van der Waals surface area (Å²) < 4.78 is 24.5. The van der Waals surface area contributed by atoms with Crippen LogP contribution < -0.4 is 4.90 Å². The molecule has 1 aromatic carbocycles. The molecule has 0 N–H and O–H groups in total. The van der Waals surface area contributed by atoms with E-state index in [1.54, 1.807) is 0 Å². The van der Waals surface area contributed by atoms with Gasteiger partial charge in [-0.1, -0.05) is 57.7 Å². The number of thioether (sulfide) groups is 1. The lowest BCUT2D eigenvalue weighted by atomic mass is 10.0. The maximum Gasteiger partial charge on any atom is 0.248 e. The average molecular weight is 409 g/mol. The monoisotopic (exact) mass is 408 g/mol. The third kappa shape index (κ3) is 4.24. The second kappa shape index (κ2) is 7.95. The molecule has 0 spiro atoms. The van der Waals surface area contributed by atoms with Crippen molar-refractivity contribution in [1.29, 1.82) is 0 Å². The number of carbonyl (C=O) groups is 1. The van der Waals surface area contributed by atoms with Crippen LogP contribution in [0, 0.1) is 5.92 Å². The number of aryl methyl sites for hydroxylation is 2. The number of amides is 1. The molecule has 3 rings (SSSR count). The largest absolute Gasteiger partial charge is 0.315 e. The van der Waals surface area contributed by atoms with Crippen molar-refractivity contribution in [2.45, 2.75) is 58.2 Å². The molecule has 2 atom stereocenters. The summed E-state index contributed by atoms with van der Waals surface area (Å²) in [6, 6.07) is 6.07. The van der Waals surface area contributed by atoms with E-state index in [1.807, 2.05) is 19.9 Å². The van der Waals surface area contributed by atoms with E-state index >= 15 is 0 Å². The Morgan fingerprint density at radius 3 is 2.41 bits per heavy atom. The highest BCUT2D eigenvalue weighted by Gasteiger charge is 2.50. The number of carbonyl (C=O) groups excluding carboxylic acids is 1. The summed E-state index contributed by atoms with van der Waals surface area (Å²) in [6.07, 6.45) is 2.10. The minimum absolute atomic E-state index is 0.0600. The van der Waals surface area contributed by atoms with Gasteiger partial charge >= 0.3 is 0 Å². The molecule has 2 heterocycles. The quantitative estimate of drug-likeness (QED) is 0.746. The van der Waals surface area contributed by atoms with Gasteiger partial charge in [-0.05, 0) is 29.9 Å². The molecule has 0 aromatic heterocycles. The predicted molar refractivity (Wildman–Crippen MR) is 113 cm³/mol. The van der Waals surface area contributed by atoms with Crippen LogP contribution in [-0.4, -0.2) is 42.3 Å². The Morgan fingerprint density at radius 1 is 1.22 bits per heavy atom. The van der Waals surface area contributed by atoms with Crippen molar-refractivity contribution < 1.29 is 13.2 Å². The smallest absolute Gasteiger partial charge is 0.248 e. The van der Waals surface area contributed by atoms with E-state index in [-0.39, 0.29) is 34.6 Å². The van der Waals surface area contributed by atoms with Gasteiger partial charge in [0, 0.05) is 17.4 Å². The van der Waals surface area contributed by atoms with Gasteiger partial charge in [0.05, 0.1) is 17.5 Å². The zero-order valence-electron chi connectivity index (χ0n) is 16.4. The van der Waals surface area contributed by atoms with Crippen LogP contribution in [0.3, 0.4) is 0 Å². The first kappa shape index (κ1) is 20.4. The van der Waals surface area contributed by atoms with Crippen LogP contribution in [0.5, 0.6) is 0 Å². The Bertz CT molecular complexity index is 840. The summed E-state index contributed by atoms with van der Waals surface area (Å²) in [5.41, 5.74) is 3.39. The number of fused-ring (bicyclic) bond motifs is 1. The molecule has 2 aliphatic heterocycles. The summed E-state index contributed by atoms with van der Waals surface area (Å²) in [7, 11) is -3.06. The molecule has 2 saturated heterocycles. The van der Waals surface area contributed by atoms with Crippen molar-refractivity contribution in [3.8, 4) is 0 Å². The third-order valence-electron chi connectivity index (χ3n) is 5.08. The summed E-state index contributed by atoms with van der Waals surface area (Å²) >= 11 is 1.46. The van der Waals surface area contributed by atoms with Crippen molar-refractivity contribution in [3.63, 3.8) is 0 Å². The Kier molecular flexibility index (Phi) is 6.01. The Labute approximate surface area is 166 Å². The molecule has 2 fully saturated rings. The second-order valence-corrected chi connectivity index (χ2v) is 11.0. The summed E-state index contributed by atoms with van der Waals surface area (Å²) in [4.78, 5) is 18.9. The molecule has 1 amide bonds. The fourth-order valence-corrected chi connectivity index (χ4v) is 7.77. The predicted octanol–water partition coefficient (Wildman–Crippen LogP) is 3.46. The van der Waals surface area contributed by atoms with Crippen LogP contribution in [0.4, 0.5) is 5.69 Å². The Hall–Kier alpha value is -1.34. The number of amidine groups is 1. The maximum atomic E-state index is 12.4. The Morgan fingerprint density at radius 2 is 1.85 bits per heavy atom. The van der Waals surface area contributed by atoms with E-state index in [4.69, 9.17) is 0 Å². The zero-order valence-corrected chi connectivity index (χ0v) is 18.1. The van der Waals surface area contributed by atoms with Crippen molar-refractivity contribution in [3.05, 3.63) is 29.3 Å². The zero-order chi connectivity index (χ0) is 19.8. The number of para-hydroxylation sites is 1. The van der Waals surface area contributed by atoms with Gasteiger partial charge in [0.15, 0.2) is 15.0 Å². The highest BCUT2D eigenvalue weighted by atomic mass is 32.2. The number of nitrogens with zero attached hydrogens (tertiary/aromatic N) is 2. The number of hydrogen-bond acceptors (Lipinski definition) is 4. The van der Waals surface area contributed by atoms with Gasteiger partial charge in [0.2, 0.25) is 5.91 Å². The molecule has 0 unspecified atom stereocenters. The number of anilines is 1. The van der Waals surface area contributed by atoms with Crippen molar-refractivity contribution in [2.75, 3.05) is 16.4 Å². The topological polar surface area (TPSA) is 66.8 Å². The SMILES string of the molecule is CCc1cccc(CC)c1N1C(=NC(=O)CC(C)C)S[C@@H]2CS(=O)(=O)C[C@H]21. The van der Waals surface area contributed by atoms with E-state index in [2.05, 4.69) is 35.9 Å². The van der Waals surface area contributed by atoms with Crippen LogP contribution in [0.15, 0.2) is 23.2 Å². The molecule has 5 nitrogen and oxygen atoms in total. The summed E-state index contributed by atoms with van der Waals surface area (Å²) in [5.74, 6) is 0.401. The highest BCUT2D eigenvalue weighted by molar-refractivity contribution is 8.16. The molecular formula is C20H28N2O3S2. The van der Waals surface area contributed by atoms with E-state index in [0.29, 0.717) is 11.6 Å². The fraction of sp³-hybridized carbons (Fsp3) is 0.600. The number of sulfone groups is 1. The second-order valence-electron chi connectivity index (χ2n) is 7.69. The van der Waals surface area contributed by atoms with Gasteiger partial charge in [-0.25, -0.2) is 8.42 Å². The maximum absolute atomic E-state index is 12.4. The van der Waals surface area contributed by atoms with Gasteiger partial charge in [-0.15, -0.1) is 0 Å². The van der Waals surface area contributed by atoms with Crippen molar-refractivity contribution in [1.82, 2.24) is 0 Å². The molecular weight excluding hydrogens is 380 g/mol. The van der Waals surface area contributed by atoms with E-state index in [0.717, 1.165) is 18.5 Å². The number of benzene rings is 1. The van der Waals surface area contributed by atoms with Crippen LogP contribution in [0.1, 0.15) is 45.2 Å². The first-order chi connectivity index (χ1) is 12.8. The van der Waals surface area contributed by atoms with Gasteiger partial charge in [0.25, 0.3) is 0 Å². The number of rotatable bonds is 5. The molecule has 27 heavy (non-hydrogen) atoms. The van der Waals surface area contributed by atoms with Gasteiger partial charge in [-0.3, -0.25) is 4.79 Å². The fourth-order valence-electron chi connectivity index (χ4n) is 3.85. The van der Waals surface area contributed by atoms with Gasteiger partial charge < -0.3 is 4.90 Å².